The molecule has 0 radical (unpaired) electrons. The van der Waals surface area contributed by atoms with Crippen LogP contribution in [0.25, 0.3) is 5.69 Å². The molecule has 2 aromatic rings. The van der Waals surface area contributed by atoms with Crippen molar-refractivity contribution in [3.63, 3.8) is 0 Å². The van der Waals surface area contributed by atoms with Crippen LogP contribution in [0.3, 0.4) is 0 Å². The van der Waals surface area contributed by atoms with E-state index in [1.807, 2.05) is 57.3 Å². The standard InChI is InChI=1S/C14H17N3OS/c1-14(2,3)19(18)16-11-12-6-4-7-13(10-12)17-9-5-8-15-17/h4-11H,1-3H3/b16-11+. The summed E-state index contributed by atoms with van der Waals surface area (Å²) in [5.74, 6) is 0. The number of rotatable bonds is 3. The van der Waals surface area contributed by atoms with Gasteiger partial charge in [-0.25, -0.2) is 4.68 Å². The van der Waals surface area contributed by atoms with Crippen molar-refractivity contribution < 1.29 is 4.55 Å². The molecule has 0 amide bonds. The molecule has 1 heterocycles. The smallest absolute Gasteiger partial charge is 0.144 e. The van der Waals surface area contributed by atoms with Crippen molar-refractivity contribution in [2.24, 2.45) is 4.40 Å². The van der Waals surface area contributed by atoms with Crippen LogP contribution in [0, 0.1) is 0 Å². The first kappa shape index (κ1) is 13.8. The van der Waals surface area contributed by atoms with E-state index in [1.54, 1.807) is 17.1 Å². The summed E-state index contributed by atoms with van der Waals surface area (Å²) in [6, 6.07) is 9.64. The Labute approximate surface area is 116 Å². The Bertz CT molecular complexity index is 558. The number of benzene rings is 1. The van der Waals surface area contributed by atoms with Crippen molar-refractivity contribution in [1.82, 2.24) is 9.78 Å². The van der Waals surface area contributed by atoms with Gasteiger partial charge in [0.15, 0.2) is 0 Å². The summed E-state index contributed by atoms with van der Waals surface area (Å²) in [6.07, 6.45) is 5.26. The maximum Gasteiger partial charge on any atom is 0.144 e. The molecule has 0 saturated carbocycles. The third-order valence-corrected chi connectivity index (χ3v) is 3.81. The summed E-state index contributed by atoms with van der Waals surface area (Å²) in [5, 5.41) is 4.17. The third kappa shape index (κ3) is 3.68. The van der Waals surface area contributed by atoms with Crippen LogP contribution in [0.5, 0.6) is 0 Å². The lowest BCUT2D eigenvalue weighted by atomic mass is 10.2. The highest BCUT2D eigenvalue weighted by molar-refractivity contribution is 7.91. The molecule has 19 heavy (non-hydrogen) atoms. The molecule has 0 aliphatic rings. The first-order chi connectivity index (χ1) is 8.97. The summed E-state index contributed by atoms with van der Waals surface area (Å²) in [4.78, 5) is 0. The maximum absolute atomic E-state index is 11.8. The maximum atomic E-state index is 11.8. The van der Waals surface area contributed by atoms with E-state index in [2.05, 4.69) is 9.50 Å². The molecule has 1 aromatic carbocycles. The predicted octanol–water partition coefficient (Wildman–Crippen LogP) is 2.75. The molecule has 1 unspecified atom stereocenters. The van der Waals surface area contributed by atoms with Crippen molar-refractivity contribution in [3.8, 4) is 5.69 Å². The zero-order valence-electron chi connectivity index (χ0n) is 11.3. The van der Waals surface area contributed by atoms with Gasteiger partial charge in [0.05, 0.1) is 11.9 Å². The first-order valence-corrected chi connectivity index (χ1v) is 7.14. The highest BCUT2D eigenvalue weighted by Gasteiger charge is 2.25. The first-order valence-electron chi connectivity index (χ1n) is 6.03. The topological polar surface area (TPSA) is 53.2 Å². The molecule has 1 aromatic heterocycles. The minimum absolute atomic E-state index is 0.337. The largest absolute Gasteiger partial charge is 0.591 e. The second kappa shape index (κ2) is 5.59. The van der Waals surface area contributed by atoms with Crippen molar-refractivity contribution in [1.29, 1.82) is 0 Å². The summed E-state index contributed by atoms with van der Waals surface area (Å²) in [7, 11) is 0. The summed E-state index contributed by atoms with van der Waals surface area (Å²) < 4.78 is 17.4. The van der Waals surface area contributed by atoms with E-state index in [0.717, 1.165) is 11.3 Å². The van der Waals surface area contributed by atoms with Crippen LogP contribution in [0.15, 0.2) is 47.1 Å². The fourth-order valence-electron chi connectivity index (χ4n) is 1.44. The fraction of sp³-hybridized carbons (Fsp3) is 0.286. The van der Waals surface area contributed by atoms with Crippen LogP contribution in [-0.4, -0.2) is 25.3 Å². The molecule has 1 atom stereocenters. The van der Waals surface area contributed by atoms with E-state index in [9.17, 15) is 4.55 Å². The lowest BCUT2D eigenvalue weighted by molar-refractivity contribution is 0.562. The monoisotopic (exact) mass is 275 g/mol. The van der Waals surface area contributed by atoms with Gasteiger partial charge in [0.1, 0.15) is 16.1 Å². The third-order valence-electron chi connectivity index (χ3n) is 2.46. The second-order valence-electron chi connectivity index (χ2n) is 5.14. The van der Waals surface area contributed by atoms with E-state index in [-0.39, 0.29) is 4.75 Å². The predicted molar refractivity (Wildman–Crippen MR) is 79.1 cm³/mol. The van der Waals surface area contributed by atoms with Crippen molar-refractivity contribution in [2.45, 2.75) is 25.5 Å². The number of hydrogen-bond donors (Lipinski definition) is 0. The van der Waals surface area contributed by atoms with Gasteiger partial charge in [-0.2, -0.15) is 5.10 Å². The highest BCUT2D eigenvalue weighted by Crippen LogP contribution is 2.17. The zero-order valence-corrected chi connectivity index (χ0v) is 12.1. The van der Waals surface area contributed by atoms with Gasteiger partial charge in [0, 0.05) is 12.4 Å². The SMILES string of the molecule is CC(C)(C)[S+]([O-])/N=C/c1cccc(-n2cccn2)c1. The van der Waals surface area contributed by atoms with Gasteiger partial charge in [-0.1, -0.05) is 16.5 Å². The van der Waals surface area contributed by atoms with Gasteiger partial charge >= 0.3 is 0 Å². The van der Waals surface area contributed by atoms with Gasteiger partial charge in [-0.15, -0.1) is 0 Å². The van der Waals surface area contributed by atoms with E-state index in [1.165, 1.54) is 0 Å². The summed E-state index contributed by atoms with van der Waals surface area (Å²) in [5.41, 5.74) is 1.86. The van der Waals surface area contributed by atoms with E-state index < -0.39 is 11.4 Å². The Morgan fingerprint density at radius 2 is 2.11 bits per heavy atom. The van der Waals surface area contributed by atoms with Gasteiger partial charge in [0.2, 0.25) is 0 Å². The lowest BCUT2D eigenvalue weighted by Crippen LogP contribution is -2.25. The number of nitrogens with zero attached hydrogens (tertiary/aromatic N) is 3. The van der Waals surface area contributed by atoms with Crippen molar-refractivity contribution in [3.05, 3.63) is 48.3 Å². The highest BCUT2D eigenvalue weighted by atomic mass is 32.2. The molecule has 0 aliphatic carbocycles. The molecule has 4 nitrogen and oxygen atoms in total. The van der Waals surface area contributed by atoms with Gasteiger partial charge in [-0.3, -0.25) is 0 Å². The van der Waals surface area contributed by atoms with E-state index >= 15 is 0 Å². The van der Waals surface area contributed by atoms with Crippen LogP contribution >= 0.6 is 0 Å². The fourth-order valence-corrected chi connectivity index (χ4v) is 1.97. The Morgan fingerprint density at radius 1 is 1.32 bits per heavy atom. The Hall–Kier alpha value is -1.59. The Kier molecular flexibility index (Phi) is 4.07. The molecular formula is C14H17N3OS. The number of aromatic nitrogens is 2. The normalized spacial score (nSPS) is 13.9. The zero-order chi connectivity index (χ0) is 13.9. The Morgan fingerprint density at radius 3 is 2.74 bits per heavy atom. The van der Waals surface area contributed by atoms with Crippen LogP contribution in [-0.2, 0) is 11.4 Å². The molecule has 100 valence electrons. The van der Waals surface area contributed by atoms with Crippen molar-refractivity contribution >= 4 is 17.6 Å². The molecule has 0 bridgehead atoms. The second-order valence-corrected chi connectivity index (χ2v) is 7.08. The van der Waals surface area contributed by atoms with Gasteiger partial charge in [-0.05, 0) is 44.5 Å². The average molecular weight is 275 g/mol. The minimum atomic E-state index is -1.23. The molecular weight excluding hydrogens is 258 g/mol. The van der Waals surface area contributed by atoms with Crippen molar-refractivity contribution in [2.75, 3.05) is 0 Å². The van der Waals surface area contributed by atoms with Crippen LogP contribution in [0.4, 0.5) is 0 Å². The van der Waals surface area contributed by atoms with E-state index in [4.69, 9.17) is 0 Å². The molecule has 0 fully saturated rings. The summed E-state index contributed by atoms with van der Waals surface area (Å²) >= 11 is -1.23. The quantitative estimate of drug-likeness (QED) is 0.639. The lowest BCUT2D eigenvalue weighted by Gasteiger charge is -2.17. The van der Waals surface area contributed by atoms with Crippen LogP contribution < -0.4 is 0 Å². The van der Waals surface area contributed by atoms with Crippen LogP contribution in [0.2, 0.25) is 0 Å². The molecule has 5 heteroatoms. The van der Waals surface area contributed by atoms with E-state index in [0.29, 0.717) is 0 Å². The Balaban J connectivity index is 2.18. The molecule has 2 rings (SSSR count). The van der Waals surface area contributed by atoms with Gasteiger partial charge < -0.3 is 4.55 Å². The molecule has 0 N–H and O–H groups in total. The minimum Gasteiger partial charge on any atom is -0.591 e. The summed E-state index contributed by atoms with van der Waals surface area (Å²) in [6.45, 7) is 5.71. The average Bonchev–Trinajstić information content (AvgIpc) is 2.89. The molecule has 0 aliphatic heterocycles. The van der Waals surface area contributed by atoms with Gasteiger partial charge in [0.25, 0.3) is 0 Å². The van der Waals surface area contributed by atoms with Crippen LogP contribution in [0.1, 0.15) is 26.3 Å². The molecule has 0 saturated heterocycles. The molecule has 0 spiro atoms. The number of hydrogen-bond acceptors (Lipinski definition) is 3.